The van der Waals surface area contributed by atoms with Gasteiger partial charge in [-0.2, -0.15) is 0 Å². The van der Waals surface area contributed by atoms with Crippen molar-refractivity contribution in [1.29, 1.82) is 0 Å². The Hall–Kier alpha value is -2.16. The van der Waals surface area contributed by atoms with Crippen LogP contribution >= 0.6 is 0 Å². The van der Waals surface area contributed by atoms with Gasteiger partial charge in [-0.25, -0.2) is 4.39 Å². The molecule has 0 atom stereocenters. The number of anilines is 1. The third-order valence-corrected chi connectivity index (χ3v) is 3.00. The summed E-state index contributed by atoms with van der Waals surface area (Å²) in [5, 5.41) is 0. The molecule has 0 unspecified atom stereocenters. The minimum Gasteiger partial charge on any atom is -0.367 e. The fourth-order valence-electron chi connectivity index (χ4n) is 1.94. The largest absolute Gasteiger partial charge is 0.367 e. The maximum absolute atomic E-state index is 13.5. The summed E-state index contributed by atoms with van der Waals surface area (Å²) in [6, 6.07) is 13.9. The van der Waals surface area contributed by atoms with Gasteiger partial charge >= 0.3 is 0 Å². The first-order valence-corrected chi connectivity index (χ1v) is 6.13. The number of hydrogen-bond acceptors (Lipinski definition) is 2. The molecule has 0 saturated heterocycles. The Bertz CT molecular complexity index is 595. The number of likely N-dealkylation sites (N-methyl/N-ethyl adjacent to an activating group) is 1. The molecule has 0 radical (unpaired) electrons. The molecule has 0 N–H and O–H groups in total. The number of benzene rings is 2. The average Bonchev–Trinajstić information content (AvgIpc) is 2.39. The van der Waals surface area contributed by atoms with Crippen molar-refractivity contribution in [3.63, 3.8) is 0 Å². The fourth-order valence-corrected chi connectivity index (χ4v) is 1.94. The van der Waals surface area contributed by atoms with E-state index in [-0.39, 0.29) is 17.9 Å². The van der Waals surface area contributed by atoms with Crippen LogP contribution in [-0.4, -0.2) is 19.4 Å². The molecular weight excluding hydrogens is 241 g/mol. The summed E-state index contributed by atoms with van der Waals surface area (Å²) in [7, 11) is 1.83. The summed E-state index contributed by atoms with van der Waals surface area (Å²) in [6.45, 7) is 2.15. The summed E-state index contributed by atoms with van der Waals surface area (Å²) in [6.07, 6.45) is 0. The summed E-state index contributed by atoms with van der Waals surface area (Å²) in [5.41, 5.74) is 2.22. The number of hydrogen-bond donors (Lipinski definition) is 0. The standard InChI is InChI=1S/C16H16FNO/c1-12-6-5-7-13(10-12)18(2)11-16(19)14-8-3-4-9-15(14)17/h3-10H,11H2,1-2H3. The van der Waals surface area contributed by atoms with E-state index < -0.39 is 5.82 Å². The van der Waals surface area contributed by atoms with Gasteiger partial charge in [0.1, 0.15) is 5.82 Å². The van der Waals surface area contributed by atoms with E-state index >= 15 is 0 Å². The van der Waals surface area contributed by atoms with Gasteiger partial charge in [-0.1, -0.05) is 24.3 Å². The predicted octanol–water partition coefficient (Wildman–Crippen LogP) is 3.45. The van der Waals surface area contributed by atoms with Gasteiger partial charge in [0.2, 0.25) is 0 Å². The van der Waals surface area contributed by atoms with Gasteiger partial charge in [0.15, 0.2) is 5.78 Å². The predicted molar refractivity (Wildman–Crippen MR) is 75.2 cm³/mol. The molecule has 2 aromatic rings. The molecule has 19 heavy (non-hydrogen) atoms. The lowest BCUT2D eigenvalue weighted by Gasteiger charge is -2.19. The number of rotatable bonds is 4. The molecule has 0 aliphatic rings. The topological polar surface area (TPSA) is 20.3 Å². The number of aryl methyl sites for hydroxylation is 1. The van der Waals surface area contributed by atoms with Crippen molar-refractivity contribution in [2.24, 2.45) is 0 Å². The molecule has 2 aromatic carbocycles. The quantitative estimate of drug-likeness (QED) is 0.782. The van der Waals surface area contributed by atoms with Crippen molar-refractivity contribution in [2.75, 3.05) is 18.5 Å². The molecule has 2 rings (SSSR count). The highest BCUT2D eigenvalue weighted by atomic mass is 19.1. The Balaban J connectivity index is 2.13. The molecule has 0 heterocycles. The van der Waals surface area contributed by atoms with Crippen LogP contribution in [0.3, 0.4) is 0 Å². The number of ketones is 1. The van der Waals surface area contributed by atoms with E-state index in [1.807, 2.05) is 43.1 Å². The van der Waals surface area contributed by atoms with Crippen molar-refractivity contribution in [3.05, 3.63) is 65.5 Å². The zero-order valence-corrected chi connectivity index (χ0v) is 11.1. The maximum Gasteiger partial charge on any atom is 0.185 e. The maximum atomic E-state index is 13.5. The monoisotopic (exact) mass is 257 g/mol. The van der Waals surface area contributed by atoms with E-state index in [0.717, 1.165) is 11.3 Å². The minimum atomic E-state index is -0.467. The van der Waals surface area contributed by atoms with E-state index in [1.165, 1.54) is 12.1 Å². The molecule has 0 aromatic heterocycles. The highest BCUT2D eigenvalue weighted by Gasteiger charge is 2.13. The summed E-state index contributed by atoms with van der Waals surface area (Å²) < 4.78 is 13.5. The lowest BCUT2D eigenvalue weighted by Crippen LogP contribution is -2.26. The van der Waals surface area contributed by atoms with E-state index in [0.29, 0.717) is 0 Å². The number of halogens is 1. The third kappa shape index (κ3) is 3.19. The molecule has 0 aliphatic heterocycles. The van der Waals surface area contributed by atoms with Gasteiger partial charge in [0, 0.05) is 12.7 Å². The lowest BCUT2D eigenvalue weighted by atomic mass is 10.1. The number of Topliss-reactive ketones (excluding diaryl/α,β-unsaturated/α-hetero) is 1. The number of nitrogens with zero attached hydrogens (tertiary/aromatic N) is 1. The van der Waals surface area contributed by atoms with Crippen molar-refractivity contribution in [3.8, 4) is 0 Å². The first-order chi connectivity index (χ1) is 9.08. The molecule has 0 amide bonds. The van der Waals surface area contributed by atoms with Crippen LogP contribution in [0.1, 0.15) is 15.9 Å². The van der Waals surface area contributed by atoms with Crippen LogP contribution in [0.5, 0.6) is 0 Å². The van der Waals surface area contributed by atoms with Gasteiger partial charge in [-0.05, 0) is 36.8 Å². The fraction of sp³-hybridized carbons (Fsp3) is 0.188. The van der Waals surface area contributed by atoms with Crippen molar-refractivity contribution >= 4 is 11.5 Å². The lowest BCUT2D eigenvalue weighted by molar-refractivity contribution is 0.0996. The molecule has 0 spiro atoms. The number of carbonyl (C=O) groups is 1. The van der Waals surface area contributed by atoms with Gasteiger partial charge in [-0.15, -0.1) is 0 Å². The van der Waals surface area contributed by atoms with Crippen molar-refractivity contribution in [2.45, 2.75) is 6.92 Å². The Morgan fingerprint density at radius 1 is 1.16 bits per heavy atom. The molecule has 0 saturated carbocycles. The van der Waals surface area contributed by atoms with Crippen LogP contribution in [0.25, 0.3) is 0 Å². The van der Waals surface area contributed by atoms with Crippen LogP contribution in [0.4, 0.5) is 10.1 Å². The molecule has 98 valence electrons. The molecule has 0 fully saturated rings. The highest BCUT2D eigenvalue weighted by Crippen LogP contribution is 2.15. The first kappa shape index (κ1) is 13.3. The zero-order chi connectivity index (χ0) is 13.8. The van der Waals surface area contributed by atoms with Gasteiger partial charge in [-0.3, -0.25) is 4.79 Å². The second-order valence-corrected chi connectivity index (χ2v) is 4.60. The molecule has 0 aliphatic carbocycles. The molecular formula is C16H16FNO. The van der Waals surface area contributed by atoms with E-state index in [1.54, 1.807) is 12.1 Å². The summed E-state index contributed by atoms with van der Waals surface area (Å²) in [5.74, 6) is -0.688. The second kappa shape index (κ2) is 5.65. The number of carbonyl (C=O) groups excluding carboxylic acids is 1. The van der Waals surface area contributed by atoms with E-state index in [2.05, 4.69) is 0 Å². The van der Waals surface area contributed by atoms with Crippen LogP contribution < -0.4 is 4.90 Å². The minimum absolute atomic E-state index is 0.141. The Kier molecular flexibility index (Phi) is 3.95. The van der Waals surface area contributed by atoms with E-state index in [9.17, 15) is 9.18 Å². The molecule has 0 bridgehead atoms. The van der Waals surface area contributed by atoms with Crippen LogP contribution in [0, 0.1) is 12.7 Å². The second-order valence-electron chi connectivity index (χ2n) is 4.60. The summed E-state index contributed by atoms with van der Waals surface area (Å²) >= 11 is 0. The van der Waals surface area contributed by atoms with E-state index in [4.69, 9.17) is 0 Å². The average molecular weight is 257 g/mol. The van der Waals surface area contributed by atoms with Gasteiger partial charge < -0.3 is 4.90 Å². The van der Waals surface area contributed by atoms with Gasteiger partial charge in [0.25, 0.3) is 0 Å². The zero-order valence-electron chi connectivity index (χ0n) is 11.1. The van der Waals surface area contributed by atoms with Crippen LogP contribution in [0.2, 0.25) is 0 Å². The van der Waals surface area contributed by atoms with Crippen molar-refractivity contribution < 1.29 is 9.18 Å². The summed E-state index contributed by atoms with van der Waals surface area (Å²) in [4.78, 5) is 13.9. The first-order valence-electron chi connectivity index (χ1n) is 6.13. The Labute approximate surface area is 112 Å². The molecule has 3 heteroatoms. The SMILES string of the molecule is Cc1cccc(N(C)CC(=O)c2ccccc2F)c1. The smallest absolute Gasteiger partial charge is 0.185 e. The highest BCUT2D eigenvalue weighted by molar-refractivity contribution is 5.99. The Morgan fingerprint density at radius 3 is 2.58 bits per heavy atom. The van der Waals surface area contributed by atoms with Crippen LogP contribution in [-0.2, 0) is 0 Å². The normalized spacial score (nSPS) is 10.3. The van der Waals surface area contributed by atoms with Crippen LogP contribution in [0.15, 0.2) is 48.5 Å². The van der Waals surface area contributed by atoms with Crippen molar-refractivity contribution in [1.82, 2.24) is 0 Å². The molecule has 2 nitrogen and oxygen atoms in total. The Morgan fingerprint density at radius 2 is 1.89 bits per heavy atom. The third-order valence-electron chi connectivity index (χ3n) is 3.00. The van der Waals surface area contributed by atoms with Gasteiger partial charge in [0.05, 0.1) is 12.1 Å².